The van der Waals surface area contributed by atoms with Crippen molar-refractivity contribution in [1.82, 2.24) is 14.6 Å². The number of H-pyrrole nitrogens is 1. The SMILES string of the molecule is CCOC(=O)c1c[nH]n2c(=O)c(Cc3ccc(C(F)(F)F)cc3)c(C)nc12. The number of benzene rings is 1. The monoisotopic (exact) mass is 379 g/mol. The molecule has 2 heterocycles. The van der Waals surface area contributed by atoms with Gasteiger partial charge < -0.3 is 4.74 Å². The number of alkyl halides is 3. The molecule has 0 unspecified atom stereocenters. The lowest BCUT2D eigenvalue weighted by atomic mass is 10.0. The van der Waals surface area contributed by atoms with Crippen LogP contribution in [0.4, 0.5) is 13.2 Å². The summed E-state index contributed by atoms with van der Waals surface area (Å²) in [5.41, 5.74) is 0.367. The Hall–Kier alpha value is -3.10. The highest BCUT2D eigenvalue weighted by atomic mass is 19.4. The predicted octanol–water partition coefficient (Wildman–Crippen LogP) is 3.12. The molecule has 3 aromatic rings. The van der Waals surface area contributed by atoms with Gasteiger partial charge in [-0.05, 0) is 31.5 Å². The fourth-order valence-corrected chi connectivity index (χ4v) is 2.73. The van der Waals surface area contributed by atoms with Gasteiger partial charge in [-0.25, -0.2) is 14.3 Å². The van der Waals surface area contributed by atoms with Crippen molar-refractivity contribution < 1.29 is 22.7 Å². The maximum Gasteiger partial charge on any atom is 0.416 e. The normalized spacial score (nSPS) is 11.7. The Morgan fingerprint density at radius 2 is 1.93 bits per heavy atom. The molecular formula is C18H16F3N3O3. The number of esters is 1. The van der Waals surface area contributed by atoms with E-state index in [-0.39, 0.29) is 24.2 Å². The summed E-state index contributed by atoms with van der Waals surface area (Å²) in [6.07, 6.45) is -2.96. The van der Waals surface area contributed by atoms with Crippen molar-refractivity contribution in [2.24, 2.45) is 0 Å². The Labute approximate surface area is 151 Å². The summed E-state index contributed by atoms with van der Waals surface area (Å²) in [7, 11) is 0. The standard InChI is InChI=1S/C18H16F3N3O3/c1-3-27-17(26)14-9-22-24-15(14)23-10(2)13(16(24)25)8-11-4-6-12(7-5-11)18(19,20)21/h4-7,9,22H,3,8H2,1-2H3. The lowest BCUT2D eigenvalue weighted by molar-refractivity contribution is -0.137. The number of aryl methyl sites for hydroxylation is 1. The second-order valence-corrected chi connectivity index (χ2v) is 5.92. The van der Waals surface area contributed by atoms with Crippen LogP contribution in [0.1, 0.15) is 39.7 Å². The van der Waals surface area contributed by atoms with E-state index in [2.05, 4.69) is 10.1 Å². The Kier molecular flexibility index (Phi) is 4.77. The van der Waals surface area contributed by atoms with Gasteiger partial charge in [-0.15, -0.1) is 0 Å². The summed E-state index contributed by atoms with van der Waals surface area (Å²) in [6, 6.07) is 4.61. The second-order valence-electron chi connectivity index (χ2n) is 5.92. The Balaban J connectivity index is 1.98. The van der Waals surface area contributed by atoms with E-state index < -0.39 is 23.3 Å². The molecule has 3 rings (SSSR count). The highest BCUT2D eigenvalue weighted by Crippen LogP contribution is 2.29. The van der Waals surface area contributed by atoms with Crippen LogP contribution < -0.4 is 5.56 Å². The third kappa shape index (κ3) is 3.57. The number of nitrogens with zero attached hydrogens (tertiary/aromatic N) is 2. The number of rotatable bonds is 4. The summed E-state index contributed by atoms with van der Waals surface area (Å²) in [5, 5.41) is 2.67. The first-order chi connectivity index (χ1) is 12.7. The highest BCUT2D eigenvalue weighted by molar-refractivity contribution is 5.95. The average Bonchev–Trinajstić information content (AvgIpc) is 3.02. The molecule has 9 heteroatoms. The molecule has 0 aliphatic carbocycles. The molecule has 0 atom stereocenters. The van der Waals surface area contributed by atoms with Gasteiger partial charge in [0.15, 0.2) is 5.65 Å². The predicted molar refractivity (Wildman–Crippen MR) is 90.8 cm³/mol. The van der Waals surface area contributed by atoms with Crippen LogP contribution in [-0.2, 0) is 17.3 Å². The van der Waals surface area contributed by atoms with Crippen LogP contribution >= 0.6 is 0 Å². The largest absolute Gasteiger partial charge is 0.462 e. The van der Waals surface area contributed by atoms with Crippen LogP contribution in [-0.4, -0.2) is 27.2 Å². The number of hydrogen-bond donors (Lipinski definition) is 1. The van der Waals surface area contributed by atoms with Crippen molar-refractivity contribution in [3.63, 3.8) is 0 Å². The number of carbonyl (C=O) groups is 1. The summed E-state index contributed by atoms with van der Waals surface area (Å²) in [6.45, 7) is 3.47. The van der Waals surface area contributed by atoms with E-state index in [1.54, 1.807) is 13.8 Å². The molecule has 0 aliphatic rings. The maximum absolute atomic E-state index is 12.7. The van der Waals surface area contributed by atoms with Crippen LogP contribution in [0, 0.1) is 6.92 Å². The zero-order valence-corrected chi connectivity index (χ0v) is 14.6. The molecule has 27 heavy (non-hydrogen) atoms. The maximum atomic E-state index is 12.7. The molecule has 0 fully saturated rings. The van der Waals surface area contributed by atoms with Gasteiger partial charge in [-0.2, -0.15) is 13.2 Å². The zero-order chi connectivity index (χ0) is 19.8. The lowest BCUT2D eigenvalue weighted by Crippen LogP contribution is -2.22. The number of fused-ring (bicyclic) bond motifs is 1. The number of hydrogen-bond acceptors (Lipinski definition) is 4. The van der Waals surface area contributed by atoms with E-state index in [0.29, 0.717) is 16.8 Å². The van der Waals surface area contributed by atoms with Crippen LogP contribution in [0.2, 0.25) is 0 Å². The molecule has 142 valence electrons. The van der Waals surface area contributed by atoms with Crippen molar-refractivity contribution >= 4 is 11.6 Å². The first-order valence-corrected chi connectivity index (χ1v) is 8.15. The van der Waals surface area contributed by atoms with Crippen LogP contribution in [0.5, 0.6) is 0 Å². The van der Waals surface area contributed by atoms with E-state index in [4.69, 9.17) is 4.74 Å². The Morgan fingerprint density at radius 3 is 2.52 bits per heavy atom. The minimum Gasteiger partial charge on any atom is -0.462 e. The van der Waals surface area contributed by atoms with Gasteiger partial charge in [-0.3, -0.25) is 9.89 Å². The minimum absolute atomic E-state index is 0.118. The molecule has 1 N–H and O–H groups in total. The van der Waals surface area contributed by atoms with Gasteiger partial charge in [0.2, 0.25) is 0 Å². The summed E-state index contributed by atoms with van der Waals surface area (Å²) in [5.74, 6) is -0.599. The topological polar surface area (TPSA) is 76.5 Å². The van der Waals surface area contributed by atoms with Gasteiger partial charge in [0.1, 0.15) is 5.56 Å². The van der Waals surface area contributed by atoms with Gasteiger partial charge >= 0.3 is 12.1 Å². The van der Waals surface area contributed by atoms with Gasteiger partial charge in [-0.1, -0.05) is 12.1 Å². The smallest absolute Gasteiger partial charge is 0.416 e. The van der Waals surface area contributed by atoms with Crippen LogP contribution in [0.3, 0.4) is 0 Å². The van der Waals surface area contributed by atoms with Crippen LogP contribution in [0.25, 0.3) is 5.65 Å². The Bertz CT molecular complexity index is 1050. The molecule has 2 aromatic heterocycles. The second kappa shape index (κ2) is 6.90. The first kappa shape index (κ1) is 18.7. The van der Waals surface area contributed by atoms with Crippen LogP contribution in [0.15, 0.2) is 35.3 Å². The van der Waals surface area contributed by atoms with Gasteiger partial charge in [0.05, 0.1) is 12.2 Å². The third-order valence-electron chi connectivity index (χ3n) is 4.12. The zero-order valence-electron chi connectivity index (χ0n) is 14.6. The number of nitrogens with one attached hydrogen (secondary N) is 1. The van der Waals surface area contributed by atoms with E-state index in [0.717, 1.165) is 16.6 Å². The number of ether oxygens (including phenoxy) is 1. The molecular weight excluding hydrogens is 363 g/mol. The molecule has 0 bridgehead atoms. The molecule has 6 nitrogen and oxygen atoms in total. The van der Waals surface area contributed by atoms with E-state index in [1.165, 1.54) is 18.3 Å². The number of halogens is 3. The molecule has 0 saturated heterocycles. The van der Waals surface area contributed by atoms with E-state index >= 15 is 0 Å². The summed E-state index contributed by atoms with van der Waals surface area (Å²) >= 11 is 0. The summed E-state index contributed by atoms with van der Waals surface area (Å²) in [4.78, 5) is 29.0. The summed E-state index contributed by atoms with van der Waals surface area (Å²) < 4.78 is 44.1. The first-order valence-electron chi connectivity index (χ1n) is 8.15. The van der Waals surface area contributed by atoms with Crippen molar-refractivity contribution in [1.29, 1.82) is 0 Å². The van der Waals surface area contributed by atoms with Crippen molar-refractivity contribution in [2.75, 3.05) is 6.61 Å². The van der Waals surface area contributed by atoms with Gasteiger partial charge in [0.25, 0.3) is 5.56 Å². The third-order valence-corrected chi connectivity index (χ3v) is 4.12. The lowest BCUT2D eigenvalue weighted by Gasteiger charge is -2.09. The van der Waals surface area contributed by atoms with Crippen molar-refractivity contribution in [3.8, 4) is 0 Å². The minimum atomic E-state index is -4.41. The van der Waals surface area contributed by atoms with E-state index in [9.17, 15) is 22.8 Å². The molecule has 0 saturated carbocycles. The van der Waals surface area contributed by atoms with E-state index in [1.807, 2.05) is 0 Å². The molecule has 0 radical (unpaired) electrons. The number of aromatic nitrogens is 3. The fraction of sp³-hybridized carbons (Fsp3) is 0.278. The average molecular weight is 379 g/mol. The molecule has 0 amide bonds. The van der Waals surface area contributed by atoms with Crippen molar-refractivity contribution in [3.05, 3.63) is 68.8 Å². The number of aromatic amines is 1. The number of carbonyl (C=O) groups excluding carboxylic acids is 1. The molecule has 0 spiro atoms. The molecule has 1 aromatic carbocycles. The van der Waals surface area contributed by atoms with Crippen molar-refractivity contribution in [2.45, 2.75) is 26.4 Å². The molecule has 0 aliphatic heterocycles. The fourth-order valence-electron chi connectivity index (χ4n) is 2.73. The highest BCUT2D eigenvalue weighted by Gasteiger charge is 2.30. The van der Waals surface area contributed by atoms with Gasteiger partial charge in [0, 0.05) is 23.9 Å². The Morgan fingerprint density at radius 1 is 1.26 bits per heavy atom. The quantitative estimate of drug-likeness (QED) is 0.707.